The maximum Gasteiger partial charge on any atom is 0.316 e. The number of ether oxygens (including phenoxy) is 2. The van der Waals surface area contributed by atoms with Gasteiger partial charge in [-0.2, -0.15) is 0 Å². The highest BCUT2D eigenvalue weighted by atomic mass is 16.5. The first-order valence-corrected chi connectivity index (χ1v) is 5.55. The van der Waals surface area contributed by atoms with Gasteiger partial charge in [-0.3, -0.25) is 4.79 Å². The van der Waals surface area contributed by atoms with E-state index in [9.17, 15) is 4.79 Å². The predicted octanol–water partition coefficient (Wildman–Crippen LogP) is 2.54. The van der Waals surface area contributed by atoms with Crippen LogP contribution in [0, 0.1) is 0 Å². The van der Waals surface area contributed by atoms with E-state index in [4.69, 9.17) is 9.47 Å². The van der Waals surface area contributed by atoms with Gasteiger partial charge < -0.3 is 9.47 Å². The summed E-state index contributed by atoms with van der Waals surface area (Å²) in [6.07, 6.45) is 4.69. The molecule has 1 aromatic carbocycles. The highest BCUT2D eigenvalue weighted by molar-refractivity contribution is 5.86. The molecule has 0 saturated heterocycles. The largest absolute Gasteiger partial charge is 0.497 e. The summed E-state index contributed by atoms with van der Waals surface area (Å²) in [5.74, 6) is 0.547. The highest BCUT2D eigenvalue weighted by Crippen LogP contribution is 2.38. The second-order valence-corrected chi connectivity index (χ2v) is 4.38. The van der Waals surface area contributed by atoms with Crippen molar-refractivity contribution in [2.24, 2.45) is 0 Å². The van der Waals surface area contributed by atoms with Gasteiger partial charge in [-0.1, -0.05) is 18.2 Å². The lowest BCUT2D eigenvalue weighted by atomic mass is 9.74. The van der Waals surface area contributed by atoms with Gasteiger partial charge in [0.2, 0.25) is 0 Å². The van der Waals surface area contributed by atoms with Gasteiger partial charge in [0.05, 0.1) is 19.6 Å². The SMILES string of the molecule is COC(=O)[C@]1(C)CC=Cc2ccc(OC)cc21. The number of fused-ring (bicyclic) bond motifs is 1. The van der Waals surface area contributed by atoms with Gasteiger partial charge in [0.25, 0.3) is 0 Å². The van der Waals surface area contributed by atoms with Crippen molar-refractivity contribution in [1.82, 2.24) is 0 Å². The standard InChI is InChI=1S/C14H16O3/c1-14(13(15)17-3)8-4-5-10-6-7-11(16-2)9-12(10)14/h4-7,9H,8H2,1-3H3/t14-/m1/s1. The van der Waals surface area contributed by atoms with E-state index in [1.807, 2.05) is 37.3 Å². The summed E-state index contributed by atoms with van der Waals surface area (Å²) >= 11 is 0. The van der Waals surface area contributed by atoms with E-state index < -0.39 is 5.41 Å². The molecule has 0 aliphatic heterocycles. The second-order valence-electron chi connectivity index (χ2n) is 4.38. The molecule has 0 saturated carbocycles. The van der Waals surface area contributed by atoms with Crippen LogP contribution in [-0.2, 0) is 14.9 Å². The zero-order chi connectivity index (χ0) is 12.5. The summed E-state index contributed by atoms with van der Waals surface area (Å²) in [7, 11) is 3.04. The minimum absolute atomic E-state index is 0.212. The molecule has 1 aromatic rings. The molecule has 0 unspecified atom stereocenters. The molecule has 0 aromatic heterocycles. The van der Waals surface area contributed by atoms with Gasteiger partial charge in [0.15, 0.2) is 0 Å². The molecule has 90 valence electrons. The number of esters is 1. The number of carbonyl (C=O) groups excluding carboxylic acids is 1. The summed E-state index contributed by atoms with van der Waals surface area (Å²) in [5.41, 5.74) is 1.39. The second kappa shape index (κ2) is 4.24. The molecule has 0 fully saturated rings. The summed E-state index contributed by atoms with van der Waals surface area (Å²) in [5, 5.41) is 0. The zero-order valence-corrected chi connectivity index (χ0v) is 10.3. The van der Waals surface area contributed by atoms with E-state index in [0.29, 0.717) is 6.42 Å². The Kier molecular flexibility index (Phi) is 2.92. The third kappa shape index (κ3) is 1.82. The smallest absolute Gasteiger partial charge is 0.316 e. The van der Waals surface area contributed by atoms with Crippen LogP contribution >= 0.6 is 0 Å². The van der Waals surface area contributed by atoms with Crippen LogP contribution in [0.5, 0.6) is 5.75 Å². The van der Waals surface area contributed by atoms with Crippen LogP contribution < -0.4 is 4.74 Å². The number of methoxy groups -OCH3 is 2. The number of hydrogen-bond donors (Lipinski definition) is 0. The number of rotatable bonds is 2. The normalized spacial score (nSPS) is 21.8. The lowest BCUT2D eigenvalue weighted by Gasteiger charge is -2.30. The summed E-state index contributed by atoms with van der Waals surface area (Å²) in [6, 6.07) is 5.77. The molecule has 0 N–H and O–H groups in total. The van der Waals surface area contributed by atoms with Crippen molar-refractivity contribution in [3.05, 3.63) is 35.4 Å². The van der Waals surface area contributed by atoms with E-state index >= 15 is 0 Å². The molecule has 0 heterocycles. The topological polar surface area (TPSA) is 35.5 Å². The van der Waals surface area contributed by atoms with E-state index in [2.05, 4.69) is 0 Å². The quantitative estimate of drug-likeness (QED) is 0.735. The van der Waals surface area contributed by atoms with Gasteiger partial charge in [-0.25, -0.2) is 0 Å². The van der Waals surface area contributed by atoms with Gasteiger partial charge >= 0.3 is 5.97 Å². The van der Waals surface area contributed by atoms with Crippen molar-refractivity contribution < 1.29 is 14.3 Å². The van der Waals surface area contributed by atoms with Crippen LogP contribution in [-0.4, -0.2) is 20.2 Å². The minimum Gasteiger partial charge on any atom is -0.497 e. The third-order valence-electron chi connectivity index (χ3n) is 3.31. The molecule has 3 nitrogen and oxygen atoms in total. The molecule has 3 heteroatoms. The van der Waals surface area contributed by atoms with Gasteiger partial charge in [0, 0.05) is 0 Å². The summed E-state index contributed by atoms with van der Waals surface area (Å²) < 4.78 is 10.1. The van der Waals surface area contributed by atoms with Crippen LogP contribution in [0.3, 0.4) is 0 Å². The molecule has 0 spiro atoms. The molecular formula is C14H16O3. The maximum absolute atomic E-state index is 12.0. The van der Waals surface area contributed by atoms with Crippen LogP contribution in [0.2, 0.25) is 0 Å². The van der Waals surface area contributed by atoms with Crippen LogP contribution in [0.4, 0.5) is 0 Å². The molecule has 1 aliphatic rings. The number of allylic oxidation sites excluding steroid dienone is 1. The fourth-order valence-electron chi connectivity index (χ4n) is 2.24. The number of benzene rings is 1. The first kappa shape index (κ1) is 11.7. The van der Waals surface area contributed by atoms with Crippen molar-refractivity contribution in [1.29, 1.82) is 0 Å². The number of hydrogen-bond acceptors (Lipinski definition) is 3. The van der Waals surface area contributed by atoms with Crippen molar-refractivity contribution in [2.45, 2.75) is 18.8 Å². The van der Waals surface area contributed by atoms with Crippen molar-refractivity contribution >= 4 is 12.0 Å². The Morgan fingerprint density at radius 2 is 2.12 bits per heavy atom. The van der Waals surface area contributed by atoms with Crippen LogP contribution in [0.15, 0.2) is 24.3 Å². The molecule has 2 rings (SSSR count). The molecular weight excluding hydrogens is 216 g/mol. The average molecular weight is 232 g/mol. The lowest BCUT2D eigenvalue weighted by Crippen LogP contribution is -2.35. The average Bonchev–Trinajstić information content (AvgIpc) is 2.37. The van der Waals surface area contributed by atoms with Crippen molar-refractivity contribution in [2.75, 3.05) is 14.2 Å². The lowest BCUT2D eigenvalue weighted by molar-refractivity contribution is -0.146. The van der Waals surface area contributed by atoms with Gasteiger partial charge in [0.1, 0.15) is 5.75 Å². The Balaban J connectivity index is 2.56. The van der Waals surface area contributed by atoms with Gasteiger partial charge in [-0.15, -0.1) is 0 Å². The third-order valence-corrected chi connectivity index (χ3v) is 3.31. The van der Waals surface area contributed by atoms with E-state index in [-0.39, 0.29) is 5.97 Å². The Hall–Kier alpha value is -1.77. The molecule has 0 amide bonds. The molecule has 0 radical (unpaired) electrons. The van der Waals surface area contributed by atoms with Crippen molar-refractivity contribution in [3.63, 3.8) is 0 Å². The molecule has 1 aliphatic carbocycles. The monoisotopic (exact) mass is 232 g/mol. The van der Waals surface area contributed by atoms with Crippen LogP contribution in [0.1, 0.15) is 24.5 Å². The highest BCUT2D eigenvalue weighted by Gasteiger charge is 2.38. The van der Waals surface area contributed by atoms with E-state index in [0.717, 1.165) is 16.9 Å². The Morgan fingerprint density at radius 3 is 2.76 bits per heavy atom. The Bertz CT molecular complexity index is 476. The maximum atomic E-state index is 12.0. The fourth-order valence-corrected chi connectivity index (χ4v) is 2.24. The summed E-state index contributed by atoms with van der Waals surface area (Å²) in [4.78, 5) is 12.0. The van der Waals surface area contributed by atoms with Gasteiger partial charge in [-0.05, 0) is 36.6 Å². The molecule has 0 bridgehead atoms. The summed E-state index contributed by atoms with van der Waals surface area (Å²) in [6.45, 7) is 1.90. The molecule has 17 heavy (non-hydrogen) atoms. The first-order valence-electron chi connectivity index (χ1n) is 5.55. The fraction of sp³-hybridized carbons (Fsp3) is 0.357. The molecule has 1 atom stereocenters. The van der Waals surface area contributed by atoms with Crippen molar-refractivity contribution in [3.8, 4) is 5.75 Å². The first-order chi connectivity index (χ1) is 8.11. The Labute approximate surface area is 101 Å². The zero-order valence-electron chi connectivity index (χ0n) is 10.3. The Morgan fingerprint density at radius 1 is 1.35 bits per heavy atom. The van der Waals surface area contributed by atoms with E-state index in [1.165, 1.54) is 7.11 Å². The number of carbonyl (C=O) groups is 1. The van der Waals surface area contributed by atoms with Crippen LogP contribution in [0.25, 0.3) is 6.08 Å². The predicted molar refractivity (Wildman–Crippen MR) is 66.0 cm³/mol. The minimum atomic E-state index is -0.618. The van der Waals surface area contributed by atoms with E-state index in [1.54, 1.807) is 7.11 Å².